The van der Waals surface area contributed by atoms with Crippen molar-refractivity contribution in [1.29, 1.82) is 0 Å². The molecule has 2 rings (SSSR count). The van der Waals surface area contributed by atoms with E-state index in [4.69, 9.17) is 4.74 Å². The molecule has 96 valence electrons. The molecule has 0 radical (unpaired) electrons. The quantitative estimate of drug-likeness (QED) is 0.834. The number of hydrogen-bond acceptors (Lipinski definition) is 4. The summed E-state index contributed by atoms with van der Waals surface area (Å²) in [4.78, 5) is 7.72. The zero-order valence-corrected chi connectivity index (χ0v) is 10.8. The van der Waals surface area contributed by atoms with Crippen LogP contribution in [0.4, 0.5) is 8.78 Å². The predicted molar refractivity (Wildman–Crippen MR) is 62.9 cm³/mol. The van der Waals surface area contributed by atoms with E-state index < -0.39 is 12.5 Å². The molecule has 0 aromatic carbocycles. The molecule has 0 fully saturated rings. The van der Waals surface area contributed by atoms with E-state index in [1.54, 1.807) is 0 Å². The topological polar surface area (TPSA) is 25.4 Å². The van der Waals surface area contributed by atoms with Crippen molar-refractivity contribution in [3.63, 3.8) is 0 Å². The predicted octanol–water partition coefficient (Wildman–Crippen LogP) is 2.56. The Kier molecular flexibility index (Phi) is 3.63. The lowest BCUT2D eigenvalue weighted by atomic mass is 10.2. The molecule has 2 heterocycles. The van der Waals surface area contributed by atoms with Crippen LogP contribution >= 0.6 is 11.3 Å². The molecule has 1 aromatic rings. The first-order chi connectivity index (χ1) is 7.98. The highest BCUT2D eigenvalue weighted by Crippen LogP contribution is 2.30. The van der Waals surface area contributed by atoms with E-state index in [2.05, 4.69) is 16.8 Å². The van der Waals surface area contributed by atoms with Gasteiger partial charge in [0.1, 0.15) is 0 Å². The van der Waals surface area contributed by atoms with E-state index in [0.29, 0.717) is 5.19 Å². The van der Waals surface area contributed by atoms with Crippen LogP contribution in [0, 0.1) is 0 Å². The highest BCUT2D eigenvalue weighted by atomic mass is 32.1. The van der Waals surface area contributed by atoms with Gasteiger partial charge in [-0.05, 0) is 13.0 Å². The first-order valence-electron chi connectivity index (χ1n) is 5.69. The molecular weight excluding hydrogens is 246 g/mol. The molecule has 0 saturated carbocycles. The van der Waals surface area contributed by atoms with Crippen molar-refractivity contribution < 1.29 is 13.5 Å². The molecule has 1 aromatic heterocycles. The molecule has 0 bridgehead atoms. The molecule has 0 amide bonds. The summed E-state index contributed by atoms with van der Waals surface area (Å²) >= 11 is 1.40. The second kappa shape index (κ2) is 4.86. The van der Waals surface area contributed by atoms with Gasteiger partial charge in [-0.15, -0.1) is 0 Å². The van der Waals surface area contributed by atoms with Crippen molar-refractivity contribution in [3.05, 3.63) is 10.6 Å². The maximum absolute atomic E-state index is 12.7. The van der Waals surface area contributed by atoms with Gasteiger partial charge in [0.05, 0.1) is 5.69 Å². The third kappa shape index (κ3) is 3.35. The molecule has 0 atom stereocenters. The highest BCUT2D eigenvalue weighted by Gasteiger charge is 2.25. The second-order valence-corrected chi connectivity index (χ2v) is 5.37. The molecular formula is C11H16F2N2OS. The van der Waals surface area contributed by atoms with Crippen molar-refractivity contribution >= 4 is 11.3 Å². The molecule has 17 heavy (non-hydrogen) atoms. The number of rotatable bonds is 4. The molecule has 0 saturated heterocycles. The van der Waals surface area contributed by atoms with E-state index in [-0.39, 0.29) is 0 Å². The molecule has 1 aliphatic heterocycles. The van der Waals surface area contributed by atoms with E-state index in [9.17, 15) is 8.78 Å². The average molecular weight is 262 g/mol. The molecule has 6 heteroatoms. The Hall–Kier alpha value is -0.750. The van der Waals surface area contributed by atoms with Crippen molar-refractivity contribution in [1.82, 2.24) is 9.88 Å². The summed E-state index contributed by atoms with van der Waals surface area (Å²) in [6.45, 7) is 5.14. The summed E-state index contributed by atoms with van der Waals surface area (Å²) < 4.78 is 30.3. The minimum atomic E-state index is -2.80. The minimum Gasteiger partial charge on any atom is -0.464 e. The van der Waals surface area contributed by atoms with Crippen molar-refractivity contribution in [3.8, 4) is 5.19 Å². The Morgan fingerprint density at radius 2 is 2.29 bits per heavy atom. The summed E-state index contributed by atoms with van der Waals surface area (Å²) in [5, 5.41) is 0.370. The van der Waals surface area contributed by atoms with Gasteiger partial charge >= 0.3 is 0 Å². The molecule has 0 aliphatic carbocycles. The zero-order chi connectivity index (χ0) is 12.5. The number of likely N-dealkylation sites (N-methyl/N-ethyl adjacent to an activating group) is 1. The van der Waals surface area contributed by atoms with Gasteiger partial charge in [-0.2, -0.15) is 0 Å². The molecule has 1 aliphatic rings. The number of ether oxygens (including phenoxy) is 1. The normalized spacial score (nSPS) is 16.9. The minimum absolute atomic E-state index is 0.370. The van der Waals surface area contributed by atoms with E-state index in [1.165, 1.54) is 16.2 Å². The lowest BCUT2D eigenvalue weighted by Crippen LogP contribution is -2.29. The first kappa shape index (κ1) is 12.7. The Morgan fingerprint density at radius 1 is 1.53 bits per heavy atom. The van der Waals surface area contributed by atoms with E-state index in [0.717, 1.165) is 38.7 Å². The maximum atomic E-state index is 12.7. The van der Waals surface area contributed by atoms with Gasteiger partial charge in [0.25, 0.3) is 11.1 Å². The number of aromatic nitrogens is 1. The fourth-order valence-electron chi connectivity index (χ4n) is 1.75. The number of thiazole rings is 1. The average Bonchev–Trinajstić information content (AvgIpc) is 2.66. The van der Waals surface area contributed by atoms with Gasteiger partial charge < -0.3 is 4.74 Å². The van der Waals surface area contributed by atoms with Crippen LogP contribution in [-0.4, -0.2) is 35.5 Å². The van der Waals surface area contributed by atoms with Crippen LogP contribution in [0.15, 0.2) is 0 Å². The fraction of sp³-hybridized carbons (Fsp3) is 0.727. The van der Waals surface area contributed by atoms with Gasteiger partial charge in [-0.3, -0.25) is 4.90 Å². The van der Waals surface area contributed by atoms with Crippen LogP contribution in [0.1, 0.15) is 24.4 Å². The van der Waals surface area contributed by atoms with Gasteiger partial charge in [-0.25, -0.2) is 13.8 Å². The van der Waals surface area contributed by atoms with E-state index in [1.807, 2.05) is 0 Å². The van der Waals surface area contributed by atoms with E-state index >= 15 is 0 Å². The number of hydrogen-bond donors (Lipinski definition) is 0. The standard InChI is InChI=1S/C11H16F2N2OS/c1-3-15-5-4-9-8(6-15)14-10(17-9)16-7-11(2,12)13/h3-7H2,1-2H3. The molecule has 0 spiro atoms. The summed E-state index contributed by atoms with van der Waals surface area (Å²) in [7, 11) is 0. The molecule has 0 N–H and O–H groups in total. The fourth-order valence-corrected chi connectivity index (χ4v) is 2.65. The summed E-state index contributed by atoms with van der Waals surface area (Å²) in [6, 6.07) is 0. The number of alkyl halides is 2. The number of nitrogens with zero attached hydrogens (tertiary/aromatic N) is 2. The Morgan fingerprint density at radius 3 is 2.94 bits per heavy atom. The van der Waals surface area contributed by atoms with Gasteiger partial charge in [0.15, 0.2) is 6.61 Å². The van der Waals surface area contributed by atoms with Crippen molar-refractivity contribution in [2.24, 2.45) is 0 Å². The third-order valence-corrected chi connectivity index (χ3v) is 3.75. The molecule has 3 nitrogen and oxygen atoms in total. The van der Waals surface area contributed by atoms with Crippen LogP contribution in [0.2, 0.25) is 0 Å². The highest BCUT2D eigenvalue weighted by molar-refractivity contribution is 7.13. The number of halogens is 2. The number of fused-ring (bicyclic) bond motifs is 1. The van der Waals surface area contributed by atoms with Crippen LogP contribution in [0.5, 0.6) is 5.19 Å². The largest absolute Gasteiger partial charge is 0.464 e. The Balaban J connectivity index is 2.00. The third-order valence-electron chi connectivity index (χ3n) is 2.68. The van der Waals surface area contributed by atoms with Gasteiger partial charge in [-0.1, -0.05) is 18.3 Å². The lowest BCUT2D eigenvalue weighted by molar-refractivity contribution is -0.0230. The van der Waals surface area contributed by atoms with Crippen molar-refractivity contribution in [2.75, 3.05) is 19.7 Å². The lowest BCUT2D eigenvalue weighted by Gasteiger charge is -2.23. The Labute approximate surface area is 103 Å². The zero-order valence-electron chi connectivity index (χ0n) is 10.0. The van der Waals surface area contributed by atoms with Crippen LogP contribution in [0.25, 0.3) is 0 Å². The SMILES string of the molecule is CCN1CCc2sc(OCC(C)(F)F)nc2C1. The van der Waals surface area contributed by atoms with Gasteiger partial charge in [0, 0.05) is 24.9 Å². The smallest absolute Gasteiger partial charge is 0.278 e. The first-order valence-corrected chi connectivity index (χ1v) is 6.51. The summed E-state index contributed by atoms with van der Waals surface area (Å²) in [5.74, 6) is -2.80. The summed E-state index contributed by atoms with van der Waals surface area (Å²) in [6.07, 6.45) is 0.937. The van der Waals surface area contributed by atoms with Crippen LogP contribution in [-0.2, 0) is 13.0 Å². The van der Waals surface area contributed by atoms with Crippen LogP contribution < -0.4 is 4.74 Å². The van der Waals surface area contributed by atoms with Crippen molar-refractivity contribution in [2.45, 2.75) is 32.7 Å². The monoisotopic (exact) mass is 262 g/mol. The Bertz CT molecular complexity index is 389. The summed E-state index contributed by atoms with van der Waals surface area (Å²) in [5.41, 5.74) is 0.984. The van der Waals surface area contributed by atoms with Crippen LogP contribution in [0.3, 0.4) is 0 Å². The molecule has 0 unspecified atom stereocenters. The van der Waals surface area contributed by atoms with Gasteiger partial charge in [0.2, 0.25) is 0 Å². The maximum Gasteiger partial charge on any atom is 0.278 e. The second-order valence-electron chi connectivity index (χ2n) is 4.33.